The van der Waals surface area contributed by atoms with E-state index in [1.165, 1.54) is 19.3 Å². The molecule has 0 amide bonds. The van der Waals surface area contributed by atoms with Gasteiger partial charge in [-0.3, -0.25) is 4.99 Å². The summed E-state index contributed by atoms with van der Waals surface area (Å²) in [7, 11) is 3.65. The van der Waals surface area contributed by atoms with Crippen molar-refractivity contribution in [2.24, 2.45) is 16.8 Å². The van der Waals surface area contributed by atoms with Crippen LogP contribution >= 0.6 is 0 Å². The molecule has 1 aliphatic heterocycles. The van der Waals surface area contributed by atoms with Gasteiger partial charge in [0.05, 0.1) is 6.61 Å². The Bertz CT molecular complexity index is 251. The van der Waals surface area contributed by atoms with E-state index in [0.717, 1.165) is 38.1 Å². The van der Waals surface area contributed by atoms with Gasteiger partial charge in [-0.15, -0.1) is 0 Å². The highest BCUT2D eigenvalue weighted by Gasteiger charge is 2.26. The Kier molecular flexibility index (Phi) is 4.04. The molecule has 0 aromatic rings. The highest BCUT2D eigenvalue weighted by Crippen LogP contribution is 2.27. The summed E-state index contributed by atoms with van der Waals surface area (Å²) in [6.45, 7) is 4.16. The highest BCUT2D eigenvalue weighted by molar-refractivity contribution is 5.80. The average Bonchev–Trinajstić information content (AvgIpc) is 3.00. The number of hydrogen-bond acceptors (Lipinski definition) is 2. The van der Waals surface area contributed by atoms with Crippen molar-refractivity contribution >= 4 is 5.96 Å². The Hall–Kier alpha value is -0.770. The molecule has 1 unspecified atom stereocenters. The molecule has 1 aliphatic carbocycles. The van der Waals surface area contributed by atoms with Crippen molar-refractivity contribution in [1.82, 2.24) is 10.2 Å². The molecule has 1 heterocycles. The van der Waals surface area contributed by atoms with Crippen molar-refractivity contribution in [2.45, 2.75) is 19.3 Å². The minimum Gasteiger partial charge on any atom is -0.384 e. The Labute approximate surface area is 98.1 Å². The van der Waals surface area contributed by atoms with Crippen LogP contribution in [0.5, 0.6) is 0 Å². The van der Waals surface area contributed by atoms with E-state index >= 15 is 0 Å². The van der Waals surface area contributed by atoms with Crippen molar-refractivity contribution in [2.75, 3.05) is 40.4 Å². The van der Waals surface area contributed by atoms with Crippen LogP contribution in [0.2, 0.25) is 0 Å². The quantitative estimate of drug-likeness (QED) is 0.571. The van der Waals surface area contributed by atoms with Gasteiger partial charge in [0.2, 0.25) is 0 Å². The number of aliphatic imine (C=N–C) groups is 1. The molecule has 0 aromatic carbocycles. The van der Waals surface area contributed by atoms with Gasteiger partial charge in [0.25, 0.3) is 0 Å². The molecule has 2 aliphatic rings. The van der Waals surface area contributed by atoms with Gasteiger partial charge in [-0.25, -0.2) is 0 Å². The van der Waals surface area contributed by atoms with Gasteiger partial charge >= 0.3 is 0 Å². The van der Waals surface area contributed by atoms with E-state index in [1.54, 1.807) is 7.11 Å². The van der Waals surface area contributed by atoms with E-state index in [0.29, 0.717) is 5.92 Å². The van der Waals surface area contributed by atoms with Crippen LogP contribution < -0.4 is 5.32 Å². The molecular weight excluding hydrogens is 202 g/mol. The third-order valence-corrected chi connectivity index (χ3v) is 3.45. The second-order valence-corrected chi connectivity index (χ2v) is 4.93. The number of nitrogens with one attached hydrogen (secondary N) is 1. The van der Waals surface area contributed by atoms with Crippen molar-refractivity contribution in [3.8, 4) is 0 Å². The highest BCUT2D eigenvalue weighted by atomic mass is 16.5. The molecule has 2 fully saturated rings. The van der Waals surface area contributed by atoms with Crippen LogP contribution in [0.4, 0.5) is 0 Å². The van der Waals surface area contributed by atoms with Crippen LogP contribution in [-0.2, 0) is 4.74 Å². The lowest BCUT2D eigenvalue weighted by molar-refractivity contribution is 0.157. The summed E-state index contributed by atoms with van der Waals surface area (Å²) in [4.78, 5) is 6.71. The van der Waals surface area contributed by atoms with Crippen LogP contribution in [0, 0.1) is 11.8 Å². The minimum atomic E-state index is 0.671. The summed E-state index contributed by atoms with van der Waals surface area (Å²) in [5.74, 6) is 2.64. The first-order chi connectivity index (χ1) is 7.83. The number of guanidine groups is 1. The molecule has 4 heteroatoms. The summed E-state index contributed by atoms with van der Waals surface area (Å²) < 4.78 is 5.21. The van der Waals surface area contributed by atoms with E-state index in [1.807, 2.05) is 7.05 Å². The maximum atomic E-state index is 5.21. The number of methoxy groups -OCH3 is 1. The summed E-state index contributed by atoms with van der Waals surface area (Å²) in [6, 6.07) is 0. The van der Waals surface area contributed by atoms with E-state index in [-0.39, 0.29) is 0 Å². The molecule has 0 spiro atoms. The predicted octanol–water partition coefficient (Wildman–Crippen LogP) is 0.940. The first kappa shape index (κ1) is 11.7. The fraction of sp³-hybridized carbons (Fsp3) is 0.917. The third kappa shape index (κ3) is 3.11. The lowest BCUT2D eigenvalue weighted by Crippen LogP contribution is -2.41. The summed E-state index contributed by atoms with van der Waals surface area (Å²) >= 11 is 0. The van der Waals surface area contributed by atoms with Crippen molar-refractivity contribution < 1.29 is 4.74 Å². The van der Waals surface area contributed by atoms with Gasteiger partial charge in [0.15, 0.2) is 5.96 Å². The van der Waals surface area contributed by atoms with Crippen LogP contribution in [0.1, 0.15) is 19.3 Å². The molecule has 2 rings (SSSR count). The number of hydrogen-bond donors (Lipinski definition) is 1. The lowest BCUT2D eigenvalue weighted by Gasteiger charge is -2.21. The first-order valence-corrected chi connectivity index (χ1v) is 6.28. The monoisotopic (exact) mass is 225 g/mol. The van der Waals surface area contributed by atoms with Crippen molar-refractivity contribution in [1.29, 1.82) is 0 Å². The van der Waals surface area contributed by atoms with Crippen LogP contribution in [0.25, 0.3) is 0 Å². The number of ether oxygens (including phenoxy) is 1. The van der Waals surface area contributed by atoms with Gasteiger partial charge < -0.3 is 15.0 Å². The summed E-state index contributed by atoms with van der Waals surface area (Å²) in [6.07, 6.45) is 3.99. The fourth-order valence-electron chi connectivity index (χ4n) is 2.29. The molecule has 0 aromatic heterocycles. The fourth-order valence-corrected chi connectivity index (χ4v) is 2.29. The standard InChI is InChI=1S/C12H23N3O/c1-13-12(14-7-10-3-4-10)15-6-5-11(8-15)9-16-2/h10-11H,3-9H2,1-2H3,(H,13,14). The van der Waals surface area contributed by atoms with Crippen molar-refractivity contribution in [3.63, 3.8) is 0 Å². The topological polar surface area (TPSA) is 36.9 Å². The maximum absolute atomic E-state index is 5.21. The van der Waals surface area contributed by atoms with Gasteiger partial charge in [-0.1, -0.05) is 0 Å². The zero-order valence-corrected chi connectivity index (χ0v) is 10.4. The molecule has 0 radical (unpaired) electrons. The van der Waals surface area contributed by atoms with E-state index in [2.05, 4.69) is 15.2 Å². The number of rotatable bonds is 4. The van der Waals surface area contributed by atoms with Gasteiger partial charge in [0, 0.05) is 39.7 Å². The van der Waals surface area contributed by atoms with Crippen LogP contribution in [0.3, 0.4) is 0 Å². The Balaban J connectivity index is 1.76. The van der Waals surface area contributed by atoms with E-state index in [4.69, 9.17) is 4.74 Å². The minimum absolute atomic E-state index is 0.671. The summed E-state index contributed by atoms with van der Waals surface area (Å²) in [5, 5.41) is 3.47. The SMILES string of the molecule is CN=C(NCC1CC1)N1CCC(COC)C1. The van der Waals surface area contributed by atoms with Crippen molar-refractivity contribution in [3.05, 3.63) is 0 Å². The van der Waals surface area contributed by atoms with Gasteiger partial charge in [0.1, 0.15) is 0 Å². The Morgan fingerprint density at radius 1 is 1.38 bits per heavy atom. The zero-order valence-electron chi connectivity index (χ0n) is 10.4. The molecule has 1 N–H and O–H groups in total. The van der Waals surface area contributed by atoms with Gasteiger partial charge in [-0.05, 0) is 25.2 Å². The zero-order chi connectivity index (χ0) is 11.4. The molecule has 1 atom stereocenters. The van der Waals surface area contributed by atoms with E-state index in [9.17, 15) is 0 Å². The summed E-state index contributed by atoms with van der Waals surface area (Å²) in [5.41, 5.74) is 0. The first-order valence-electron chi connectivity index (χ1n) is 6.28. The van der Waals surface area contributed by atoms with E-state index < -0.39 is 0 Å². The smallest absolute Gasteiger partial charge is 0.193 e. The van der Waals surface area contributed by atoms with Crippen LogP contribution in [0.15, 0.2) is 4.99 Å². The predicted molar refractivity (Wildman–Crippen MR) is 65.6 cm³/mol. The largest absolute Gasteiger partial charge is 0.384 e. The molecule has 92 valence electrons. The second-order valence-electron chi connectivity index (χ2n) is 4.93. The molecule has 0 bridgehead atoms. The third-order valence-electron chi connectivity index (χ3n) is 3.45. The van der Waals surface area contributed by atoms with Crippen LogP contribution in [-0.4, -0.2) is 51.3 Å². The Morgan fingerprint density at radius 2 is 2.19 bits per heavy atom. The lowest BCUT2D eigenvalue weighted by atomic mass is 10.1. The Morgan fingerprint density at radius 3 is 2.81 bits per heavy atom. The number of likely N-dealkylation sites (tertiary alicyclic amines) is 1. The maximum Gasteiger partial charge on any atom is 0.193 e. The molecule has 16 heavy (non-hydrogen) atoms. The molecule has 1 saturated heterocycles. The number of nitrogens with zero attached hydrogens (tertiary/aromatic N) is 2. The van der Waals surface area contributed by atoms with Gasteiger partial charge in [-0.2, -0.15) is 0 Å². The molecule has 4 nitrogen and oxygen atoms in total. The molecule has 1 saturated carbocycles. The molecular formula is C12H23N3O. The average molecular weight is 225 g/mol. The normalized spacial score (nSPS) is 26.2. The second kappa shape index (κ2) is 5.53.